The summed E-state index contributed by atoms with van der Waals surface area (Å²) < 4.78 is 1.72. The van der Waals surface area contributed by atoms with E-state index in [0.29, 0.717) is 5.82 Å². The van der Waals surface area contributed by atoms with Crippen molar-refractivity contribution < 1.29 is 4.79 Å². The molecule has 1 aromatic carbocycles. The van der Waals surface area contributed by atoms with Crippen molar-refractivity contribution in [1.82, 2.24) is 9.78 Å². The van der Waals surface area contributed by atoms with Crippen LogP contribution in [0.5, 0.6) is 0 Å². The molecule has 94 valence electrons. The smallest absolute Gasteiger partial charge is 0.244 e. The van der Waals surface area contributed by atoms with Crippen molar-refractivity contribution >= 4 is 17.4 Å². The van der Waals surface area contributed by atoms with Crippen LogP contribution in [0.4, 0.5) is 11.5 Å². The Balaban J connectivity index is 1.86. The first-order chi connectivity index (χ1) is 8.65. The van der Waals surface area contributed by atoms with Crippen LogP contribution < -0.4 is 10.6 Å². The molecule has 0 saturated carbocycles. The van der Waals surface area contributed by atoms with E-state index >= 15 is 0 Å². The van der Waals surface area contributed by atoms with Gasteiger partial charge in [-0.25, -0.2) is 0 Å². The summed E-state index contributed by atoms with van der Waals surface area (Å²) in [7, 11) is 1.84. The summed E-state index contributed by atoms with van der Waals surface area (Å²) >= 11 is 0. The molecule has 1 aromatic heterocycles. The van der Waals surface area contributed by atoms with E-state index in [2.05, 4.69) is 15.7 Å². The van der Waals surface area contributed by atoms with Crippen molar-refractivity contribution in [2.45, 2.75) is 6.92 Å². The van der Waals surface area contributed by atoms with E-state index in [-0.39, 0.29) is 12.5 Å². The number of anilines is 2. The summed E-state index contributed by atoms with van der Waals surface area (Å²) in [6.07, 6.45) is 0. The molecule has 0 aliphatic carbocycles. The number of hydrogen-bond donors (Lipinski definition) is 2. The number of carbonyl (C=O) groups excluding carboxylic acids is 1. The molecule has 0 aliphatic rings. The quantitative estimate of drug-likeness (QED) is 0.862. The minimum atomic E-state index is -0.114. The molecule has 2 rings (SSSR count). The fourth-order valence-corrected chi connectivity index (χ4v) is 1.55. The molecule has 1 amide bonds. The highest BCUT2D eigenvalue weighted by molar-refractivity contribution is 5.92. The van der Waals surface area contributed by atoms with Crippen LogP contribution >= 0.6 is 0 Å². The summed E-state index contributed by atoms with van der Waals surface area (Å²) in [5.41, 5.74) is 1.92. The Bertz CT molecular complexity index is 514. The first kappa shape index (κ1) is 12.2. The third-order valence-corrected chi connectivity index (χ3v) is 2.61. The topological polar surface area (TPSA) is 59.0 Å². The molecule has 1 heterocycles. The van der Waals surface area contributed by atoms with Crippen LogP contribution in [0.25, 0.3) is 0 Å². The Hall–Kier alpha value is -2.30. The summed E-state index contributed by atoms with van der Waals surface area (Å²) in [6, 6.07) is 11.4. The Kier molecular flexibility index (Phi) is 3.62. The molecule has 0 aliphatic heterocycles. The zero-order chi connectivity index (χ0) is 13.0. The van der Waals surface area contributed by atoms with Gasteiger partial charge in [-0.05, 0) is 19.1 Å². The number of rotatable bonds is 4. The van der Waals surface area contributed by atoms with Gasteiger partial charge in [0.15, 0.2) is 5.82 Å². The van der Waals surface area contributed by atoms with Gasteiger partial charge < -0.3 is 10.6 Å². The molecule has 0 spiro atoms. The summed E-state index contributed by atoms with van der Waals surface area (Å²) in [4.78, 5) is 11.7. The lowest BCUT2D eigenvalue weighted by atomic mass is 10.3. The van der Waals surface area contributed by atoms with Crippen LogP contribution in [-0.2, 0) is 11.8 Å². The predicted octanol–water partition coefficient (Wildman–Crippen LogP) is 1.78. The Morgan fingerprint density at radius 3 is 2.67 bits per heavy atom. The standard InChI is InChI=1S/C13H16N4O/c1-10-8-12(16-17(10)2)15-13(18)9-14-11-6-4-3-5-7-11/h3-8,14H,9H2,1-2H3,(H,15,16,18). The molecule has 0 atom stereocenters. The fourth-order valence-electron chi connectivity index (χ4n) is 1.55. The Labute approximate surface area is 106 Å². The van der Waals surface area contributed by atoms with Gasteiger partial charge >= 0.3 is 0 Å². The van der Waals surface area contributed by atoms with Gasteiger partial charge in [-0.2, -0.15) is 5.10 Å². The van der Waals surface area contributed by atoms with Crippen molar-refractivity contribution in [1.29, 1.82) is 0 Å². The maximum atomic E-state index is 11.7. The molecule has 0 saturated heterocycles. The van der Waals surface area contributed by atoms with Crippen molar-refractivity contribution in [2.75, 3.05) is 17.2 Å². The van der Waals surface area contributed by atoms with Crippen LogP contribution in [0.2, 0.25) is 0 Å². The number of nitrogens with one attached hydrogen (secondary N) is 2. The first-order valence-corrected chi connectivity index (χ1v) is 5.74. The third-order valence-electron chi connectivity index (χ3n) is 2.61. The zero-order valence-electron chi connectivity index (χ0n) is 10.5. The van der Waals surface area contributed by atoms with Crippen LogP contribution in [-0.4, -0.2) is 22.2 Å². The van der Waals surface area contributed by atoms with Gasteiger partial charge in [0, 0.05) is 24.5 Å². The molecular weight excluding hydrogens is 228 g/mol. The molecule has 0 radical (unpaired) electrons. The van der Waals surface area contributed by atoms with Gasteiger partial charge in [-0.1, -0.05) is 18.2 Å². The molecule has 0 fully saturated rings. The van der Waals surface area contributed by atoms with Gasteiger partial charge in [0.1, 0.15) is 0 Å². The number of hydrogen-bond acceptors (Lipinski definition) is 3. The minimum absolute atomic E-state index is 0.114. The van der Waals surface area contributed by atoms with Crippen LogP contribution in [0.1, 0.15) is 5.69 Å². The SMILES string of the molecule is Cc1cc(NC(=O)CNc2ccccc2)nn1C. The molecule has 2 N–H and O–H groups in total. The third kappa shape index (κ3) is 3.10. The van der Waals surface area contributed by atoms with Gasteiger partial charge in [-0.3, -0.25) is 9.48 Å². The number of amides is 1. The molecule has 18 heavy (non-hydrogen) atoms. The van der Waals surface area contributed by atoms with E-state index < -0.39 is 0 Å². The van der Waals surface area contributed by atoms with E-state index in [4.69, 9.17) is 0 Å². The number of aromatic nitrogens is 2. The normalized spacial score (nSPS) is 10.1. The van der Waals surface area contributed by atoms with Crippen LogP contribution in [0.15, 0.2) is 36.4 Å². The summed E-state index contributed by atoms with van der Waals surface area (Å²) in [5, 5.41) is 9.94. The monoisotopic (exact) mass is 244 g/mol. The first-order valence-electron chi connectivity index (χ1n) is 5.74. The van der Waals surface area contributed by atoms with E-state index in [1.165, 1.54) is 0 Å². The van der Waals surface area contributed by atoms with Crippen molar-refractivity contribution in [2.24, 2.45) is 7.05 Å². The highest BCUT2D eigenvalue weighted by Gasteiger charge is 2.05. The second-order valence-electron chi connectivity index (χ2n) is 4.06. The highest BCUT2D eigenvalue weighted by atomic mass is 16.2. The summed E-state index contributed by atoms with van der Waals surface area (Å²) in [6.45, 7) is 2.16. The fraction of sp³-hybridized carbons (Fsp3) is 0.231. The lowest BCUT2D eigenvalue weighted by molar-refractivity contribution is -0.114. The number of carbonyl (C=O) groups is 1. The van der Waals surface area contributed by atoms with Gasteiger partial charge in [0.2, 0.25) is 5.91 Å². The van der Waals surface area contributed by atoms with Gasteiger partial charge in [0.05, 0.1) is 6.54 Å². The molecular formula is C13H16N4O. The van der Waals surface area contributed by atoms with E-state index in [1.807, 2.05) is 50.4 Å². The molecule has 2 aromatic rings. The number of para-hydroxylation sites is 1. The minimum Gasteiger partial charge on any atom is -0.376 e. The maximum Gasteiger partial charge on any atom is 0.244 e. The van der Waals surface area contributed by atoms with Crippen molar-refractivity contribution in [3.63, 3.8) is 0 Å². The van der Waals surface area contributed by atoms with Gasteiger partial charge in [0.25, 0.3) is 0 Å². The van der Waals surface area contributed by atoms with Gasteiger partial charge in [-0.15, -0.1) is 0 Å². The lowest BCUT2D eigenvalue weighted by Crippen LogP contribution is -2.22. The highest BCUT2D eigenvalue weighted by Crippen LogP contribution is 2.07. The average molecular weight is 244 g/mol. The van der Waals surface area contributed by atoms with E-state index in [1.54, 1.807) is 4.68 Å². The van der Waals surface area contributed by atoms with E-state index in [0.717, 1.165) is 11.4 Å². The molecule has 0 bridgehead atoms. The Morgan fingerprint density at radius 1 is 1.33 bits per heavy atom. The number of aryl methyl sites for hydroxylation is 2. The van der Waals surface area contributed by atoms with Crippen LogP contribution in [0.3, 0.4) is 0 Å². The lowest BCUT2D eigenvalue weighted by Gasteiger charge is -2.05. The average Bonchev–Trinajstić information content (AvgIpc) is 2.67. The largest absolute Gasteiger partial charge is 0.376 e. The second-order valence-corrected chi connectivity index (χ2v) is 4.06. The Morgan fingerprint density at radius 2 is 2.06 bits per heavy atom. The predicted molar refractivity (Wildman–Crippen MR) is 71.5 cm³/mol. The van der Waals surface area contributed by atoms with Crippen molar-refractivity contribution in [3.8, 4) is 0 Å². The molecule has 5 heteroatoms. The van der Waals surface area contributed by atoms with Crippen molar-refractivity contribution in [3.05, 3.63) is 42.1 Å². The zero-order valence-corrected chi connectivity index (χ0v) is 10.5. The molecule has 0 unspecified atom stereocenters. The molecule has 5 nitrogen and oxygen atoms in total. The second kappa shape index (κ2) is 5.35. The maximum absolute atomic E-state index is 11.7. The number of nitrogens with zero attached hydrogens (tertiary/aromatic N) is 2. The van der Waals surface area contributed by atoms with E-state index in [9.17, 15) is 4.79 Å². The number of benzene rings is 1. The summed E-state index contributed by atoms with van der Waals surface area (Å²) in [5.74, 6) is 0.465. The van der Waals surface area contributed by atoms with Crippen LogP contribution in [0, 0.1) is 6.92 Å².